The van der Waals surface area contributed by atoms with E-state index in [0.717, 1.165) is 24.0 Å². The van der Waals surface area contributed by atoms with Crippen LogP contribution in [0.3, 0.4) is 0 Å². The van der Waals surface area contributed by atoms with Gasteiger partial charge in [0.15, 0.2) is 17.2 Å². The quantitative estimate of drug-likeness (QED) is 0.413. The smallest absolute Gasteiger partial charge is 0.278 e. The van der Waals surface area contributed by atoms with Gasteiger partial charge in [0.25, 0.3) is 11.8 Å². The lowest BCUT2D eigenvalue weighted by atomic mass is 10.0. The van der Waals surface area contributed by atoms with E-state index in [4.69, 9.17) is 4.98 Å². The van der Waals surface area contributed by atoms with Gasteiger partial charge in [-0.05, 0) is 42.2 Å². The van der Waals surface area contributed by atoms with Crippen molar-refractivity contribution in [3.63, 3.8) is 0 Å². The minimum Gasteiger partial charge on any atom is -0.347 e. The normalized spacial score (nSPS) is 14.9. The van der Waals surface area contributed by atoms with Crippen molar-refractivity contribution in [2.45, 2.75) is 19.4 Å². The van der Waals surface area contributed by atoms with Crippen molar-refractivity contribution in [3.05, 3.63) is 109 Å². The lowest BCUT2D eigenvalue weighted by molar-refractivity contribution is 0.0812. The third-order valence-corrected chi connectivity index (χ3v) is 6.52. The number of pyridine rings is 1. The van der Waals surface area contributed by atoms with E-state index in [1.54, 1.807) is 46.6 Å². The maximum Gasteiger partial charge on any atom is 0.278 e. The molecule has 0 bridgehead atoms. The molecule has 1 N–H and O–H groups in total. The standard InChI is InChI=1S/C28H25N9O2/c38-27(32-17-20-6-4-10-29-16-20)22-18-31-24(19-30-22)35-12-14-36(15-13-35)28(39)26-25(21-7-2-1-3-8-21)34-23-9-5-11-33-37(23)26/h1-2,4-7,9-12,14,16,18-19H,3,8,13,15,17H2,(H,32,38). The third kappa shape index (κ3) is 5.01. The Balaban J connectivity index is 1.16. The van der Waals surface area contributed by atoms with Crippen LogP contribution in [-0.2, 0) is 6.54 Å². The van der Waals surface area contributed by atoms with Crippen LogP contribution in [-0.4, -0.2) is 59.4 Å². The Morgan fingerprint density at radius 1 is 1.00 bits per heavy atom. The number of allylic oxidation sites excluding steroid dienone is 4. The van der Waals surface area contributed by atoms with E-state index in [1.165, 1.54) is 6.20 Å². The molecule has 0 saturated heterocycles. The van der Waals surface area contributed by atoms with Crippen molar-refractivity contribution in [1.82, 2.24) is 39.8 Å². The zero-order chi connectivity index (χ0) is 26.6. The number of rotatable bonds is 6. The van der Waals surface area contributed by atoms with Gasteiger partial charge in [-0.25, -0.2) is 19.5 Å². The molecular formula is C28H25N9O2. The maximum absolute atomic E-state index is 13.7. The van der Waals surface area contributed by atoms with Gasteiger partial charge in [0.1, 0.15) is 11.4 Å². The number of nitrogens with one attached hydrogen (secondary N) is 1. The first-order valence-electron chi connectivity index (χ1n) is 12.6. The van der Waals surface area contributed by atoms with Crippen molar-refractivity contribution < 1.29 is 9.59 Å². The number of imidazole rings is 1. The van der Waals surface area contributed by atoms with Crippen molar-refractivity contribution in [3.8, 4) is 0 Å². The van der Waals surface area contributed by atoms with Crippen LogP contribution in [0.25, 0.3) is 11.2 Å². The van der Waals surface area contributed by atoms with Gasteiger partial charge in [-0.3, -0.25) is 14.6 Å². The molecule has 0 spiro atoms. The van der Waals surface area contributed by atoms with Gasteiger partial charge in [-0.1, -0.05) is 24.3 Å². The van der Waals surface area contributed by atoms with E-state index in [2.05, 4.69) is 31.4 Å². The number of anilines is 1. The van der Waals surface area contributed by atoms with Crippen LogP contribution in [0.1, 0.15) is 45.1 Å². The van der Waals surface area contributed by atoms with Crippen molar-refractivity contribution in [2.24, 2.45) is 0 Å². The number of fused-ring (bicyclic) bond motifs is 1. The zero-order valence-electron chi connectivity index (χ0n) is 21.0. The Morgan fingerprint density at radius 3 is 2.67 bits per heavy atom. The molecule has 6 rings (SSSR count). The fraction of sp³-hybridized carbons (Fsp3) is 0.179. The predicted molar refractivity (Wildman–Crippen MR) is 144 cm³/mol. The van der Waals surface area contributed by atoms with Crippen LogP contribution in [0.4, 0.5) is 5.82 Å². The zero-order valence-corrected chi connectivity index (χ0v) is 21.0. The topological polar surface area (TPSA) is 122 Å². The SMILES string of the molecule is O=C(NCc1cccnc1)c1cnc(N2C=CN(C(=O)c3c(C4=CC=CCC4)nc4cccnn34)CC2)cn1. The second-order valence-corrected chi connectivity index (χ2v) is 9.06. The molecule has 194 valence electrons. The van der Waals surface area contributed by atoms with Crippen LogP contribution in [0.2, 0.25) is 0 Å². The molecule has 2 aliphatic rings. The highest BCUT2D eigenvalue weighted by Gasteiger charge is 2.28. The molecule has 0 aromatic carbocycles. The number of aromatic nitrogens is 6. The lowest BCUT2D eigenvalue weighted by Gasteiger charge is -2.29. The molecule has 0 fully saturated rings. The molecule has 0 atom stereocenters. The summed E-state index contributed by atoms with van der Waals surface area (Å²) in [5.74, 6) is 0.0950. The summed E-state index contributed by atoms with van der Waals surface area (Å²) in [7, 11) is 0. The summed E-state index contributed by atoms with van der Waals surface area (Å²) in [4.78, 5) is 47.1. The van der Waals surface area contributed by atoms with Crippen molar-refractivity contribution >= 4 is 28.9 Å². The van der Waals surface area contributed by atoms with Gasteiger partial charge >= 0.3 is 0 Å². The second kappa shape index (κ2) is 10.7. The Morgan fingerprint density at radius 2 is 1.92 bits per heavy atom. The first kappa shape index (κ1) is 24.2. The Labute approximate surface area is 224 Å². The third-order valence-electron chi connectivity index (χ3n) is 6.52. The number of hydrogen-bond donors (Lipinski definition) is 1. The molecule has 39 heavy (non-hydrogen) atoms. The number of nitrogens with zero attached hydrogens (tertiary/aromatic N) is 8. The van der Waals surface area contributed by atoms with E-state index < -0.39 is 0 Å². The molecule has 1 aliphatic heterocycles. The van der Waals surface area contributed by atoms with Gasteiger partial charge in [-0.2, -0.15) is 5.10 Å². The molecule has 0 radical (unpaired) electrons. The van der Waals surface area contributed by atoms with Gasteiger partial charge in [0.2, 0.25) is 0 Å². The molecule has 11 heteroatoms. The average Bonchev–Trinajstić information content (AvgIpc) is 3.40. The number of amides is 2. The van der Waals surface area contributed by atoms with E-state index in [1.807, 2.05) is 41.3 Å². The van der Waals surface area contributed by atoms with Gasteiger partial charge in [0.05, 0.1) is 12.4 Å². The van der Waals surface area contributed by atoms with E-state index >= 15 is 0 Å². The molecule has 2 amide bonds. The average molecular weight is 520 g/mol. The molecule has 0 unspecified atom stereocenters. The van der Waals surface area contributed by atoms with Gasteiger partial charge in [-0.15, -0.1) is 0 Å². The minimum absolute atomic E-state index is 0.172. The monoisotopic (exact) mass is 519 g/mol. The molecule has 0 saturated carbocycles. The number of carbonyl (C=O) groups excluding carboxylic acids is 2. The van der Waals surface area contributed by atoms with Gasteiger partial charge in [0, 0.05) is 50.6 Å². The molecule has 11 nitrogen and oxygen atoms in total. The predicted octanol–water partition coefficient (Wildman–Crippen LogP) is 3.01. The highest BCUT2D eigenvalue weighted by atomic mass is 16.2. The Bertz CT molecular complexity index is 1610. The summed E-state index contributed by atoms with van der Waals surface area (Å²) < 4.78 is 1.61. The highest BCUT2D eigenvalue weighted by molar-refractivity contribution is 5.99. The highest BCUT2D eigenvalue weighted by Crippen LogP contribution is 2.28. The first-order valence-corrected chi connectivity index (χ1v) is 12.6. The minimum atomic E-state index is -0.315. The van der Waals surface area contributed by atoms with Crippen LogP contribution < -0.4 is 10.2 Å². The van der Waals surface area contributed by atoms with E-state index in [0.29, 0.717) is 42.5 Å². The Hall–Kier alpha value is -5.19. The van der Waals surface area contributed by atoms with Crippen molar-refractivity contribution in [2.75, 3.05) is 18.0 Å². The summed E-state index contributed by atoms with van der Waals surface area (Å²) in [6.45, 7) is 1.30. The maximum atomic E-state index is 13.7. The van der Waals surface area contributed by atoms with E-state index in [-0.39, 0.29) is 17.5 Å². The molecular weight excluding hydrogens is 494 g/mol. The Kier molecular flexibility index (Phi) is 6.60. The summed E-state index contributed by atoms with van der Waals surface area (Å²) in [6.07, 6.45) is 19.4. The molecule has 5 heterocycles. The fourth-order valence-electron chi connectivity index (χ4n) is 4.49. The van der Waals surface area contributed by atoms with Crippen LogP contribution in [0.5, 0.6) is 0 Å². The summed E-state index contributed by atoms with van der Waals surface area (Å²) >= 11 is 0. The van der Waals surface area contributed by atoms with Crippen molar-refractivity contribution in [1.29, 1.82) is 0 Å². The molecule has 4 aromatic heterocycles. The summed E-state index contributed by atoms with van der Waals surface area (Å²) in [5, 5.41) is 7.21. The lowest BCUT2D eigenvalue weighted by Crippen LogP contribution is -2.39. The second-order valence-electron chi connectivity index (χ2n) is 9.06. The summed E-state index contributed by atoms with van der Waals surface area (Å²) in [6, 6.07) is 7.36. The van der Waals surface area contributed by atoms with Gasteiger partial charge < -0.3 is 15.1 Å². The molecule has 1 aliphatic carbocycles. The largest absolute Gasteiger partial charge is 0.347 e. The number of carbonyl (C=O) groups is 2. The summed E-state index contributed by atoms with van der Waals surface area (Å²) in [5.41, 5.74) is 3.89. The van der Waals surface area contributed by atoms with Crippen LogP contribution in [0, 0.1) is 0 Å². The first-order chi connectivity index (χ1) is 19.2. The van der Waals surface area contributed by atoms with Crippen LogP contribution in [0.15, 0.2) is 85.9 Å². The molecule has 4 aromatic rings. The van der Waals surface area contributed by atoms with Crippen LogP contribution >= 0.6 is 0 Å². The fourth-order valence-corrected chi connectivity index (χ4v) is 4.49. The van der Waals surface area contributed by atoms with E-state index in [9.17, 15) is 9.59 Å². The number of hydrogen-bond acceptors (Lipinski definition) is 8.